The Morgan fingerprint density at radius 3 is 2.35 bits per heavy atom. The lowest BCUT2D eigenvalue weighted by Crippen LogP contribution is -2.37. The molecule has 120 valence electrons. The van der Waals surface area contributed by atoms with Crippen molar-refractivity contribution in [2.45, 2.75) is 26.9 Å². The fourth-order valence-corrected chi connectivity index (χ4v) is 2.28. The first kappa shape index (κ1) is 16.7. The number of ether oxygens (including phenoxy) is 1. The number of hydrogen-bond acceptors (Lipinski definition) is 3. The maximum absolute atomic E-state index is 12.4. The molecule has 1 atom stereocenters. The smallest absolute Gasteiger partial charge is 0.339 e. The summed E-state index contributed by atoms with van der Waals surface area (Å²) in [4.78, 5) is 26.2. The summed E-state index contributed by atoms with van der Waals surface area (Å²) in [5, 5.41) is 0. The molecule has 0 saturated heterocycles. The molecule has 2 aromatic carbocycles. The number of hydrogen-bond donors (Lipinski definition) is 0. The average molecular weight is 311 g/mol. The highest BCUT2D eigenvalue weighted by Gasteiger charge is 2.23. The van der Waals surface area contributed by atoms with E-state index in [0.717, 1.165) is 16.8 Å². The van der Waals surface area contributed by atoms with Crippen molar-refractivity contribution in [2.24, 2.45) is 0 Å². The molecular formula is C19H21NO3. The third-order valence-electron chi connectivity index (χ3n) is 3.72. The van der Waals surface area contributed by atoms with E-state index in [2.05, 4.69) is 0 Å². The average Bonchev–Trinajstić information content (AvgIpc) is 2.56. The second-order valence-electron chi connectivity index (χ2n) is 5.60. The lowest BCUT2D eigenvalue weighted by Gasteiger charge is -2.21. The molecule has 4 heteroatoms. The number of anilines is 1. The topological polar surface area (TPSA) is 46.6 Å². The summed E-state index contributed by atoms with van der Waals surface area (Å²) < 4.78 is 5.35. The predicted octanol–water partition coefficient (Wildman–Crippen LogP) is 3.51. The Labute approximate surface area is 136 Å². The summed E-state index contributed by atoms with van der Waals surface area (Å²) in [5.74, 6) is -0.747. The van der Waals surface area contributed by atoms with Gasteiger partial charge in [0.1, 0.15) is 0 Å². The third-order valence-corrected chi connectivity index (χ3v) is 3.72. The first-order valence-corrected chi connectivity index (χ1v) is 7.51. The zero-order valence-corrected chi connectivity index (χ0v) is 13.9. The van der Waals surface area contributed by atoms with Gasteiger partial charge in [-0.2, -0.15) is 0 Å². The molecule has 4 nitrogen and oxygen atoms in total. The van der Waals surface area contributed by atoms with Crippen LogP contribution in [0.5, 0.6) is 0 Å². The molecule has 0 bridgehead atoms. The van der Waals surface area contributed by atoms with Crippen molar-refractivity contribution < 1.29 is 14.3 Å². The van der Waals surface area contributed by atoms with Gasteiger partial charge in [0, 0.05) is 12.7 Å². The van der Waals surface area contributed by atoms with Crippen LogP contribution < -0.4 is 4.90 Å². The minimum atomic E-state index is -0.854. The standard InChI is InChI=1S/C19H21NO3/c1-13-10-11-14(2)17(12-13)19(22)23-15(3)18(21)20(4)16-8-6-5-7-9-16/h5-12,15H,1-4H3. The van der Waals surface area contributed by atoms with Crippen LogP contribution in [0.2, 0.25) is 0 Å². The fourth-order valence-electron chi connectivity index (χ4n) is 2.28. The Bertz CT molecular complexity index is 710. The molecular weight excluding hydrogens is 290 g/mol. The Hall–Kier alpha value is -2.62. The van der Waals surface area contributed by atoms with E-state index in [1.807, 2.05) is 56.3 Å². The van der Waals surface area contributed by atoms with E-state index in [1.165, 1.54) is 4.90 Å². The van der Waals surface area contributed by atoms with Gasteiger partial charge in [0.25, 0.3) is 5.91 Å². The van der Waals surface area contributed by atoms with Crippen molar-refractivity contribution >= 4 is 17.6 Å². The zero-order chi connectivity index (χ0) is 17.0. The zero-order valence-electron chi connectivity index (χ0n) is 13.9. The van der Waals surface area contributed by atoms with Gasteiger partial charge in [0.2, 0.25) is 0 Å². The van der Waals surface area contributed by atoms with Gasteiger partial charge in [-0.1, -0.05) is 35.9 Å². The van der Waals surface area contributed by atoms with E-state index in [4.69, 9.17) is 4.74 Å². The number of likely N-dealkylation sites (N-methyl/N-ethyl adjacent to an activating group) is 1. The minimum Gasteiger partial charge on any atom is -0.449 e. The van der Waals surface area contributed by atoms with Crippen LogP contribution in [0.15, 0.2) is 48.5 Å². The summed E-state index contributed by atoms with van der Waals surface area (Å²) in [6, 6.07) is 14.8. The van der Waals surface area contributed by atoms with Crippen LogP contribution in [0.1, 0.15) is 28.4 Å². The molecule has 0 spiro atoms. The first-order chi connectivity index (χ1) is 10.9. The van der Waals surface area contributed by atoms with Gasteiger partial charge in [0.15, 0.2) is 6.10 Å². The van der Waals surface area contributed by atoms with Gasteiger partial charge >= 0.3 is 5.97 Å². The summed E-state index contributed by atoms with van der Waals surface area (Å²) in [6.07, 6.45) is -0.854. The first-order valence-electron chi connectivity index (χ1n) is 7.51. The van der Waals surface area contributed by atoms with E-state index in [1.54, 1.807) is 20.0 Å². The van der Waals surface area contributed by atoms with E-state index >= 15 is 0 Å². The molecule has 0 aliphatic heterocycles. The van der Waals surface area contributed by atoms with Crippen molar-refractivity contribution in [1.82, 2.24) is 0 Å². The fraction of sp³-hybridized carbons (Fsp3) is 0.263. The molecule has 0 aliphatic rings. The highest BCUT2D eigenvalue weighted by Crippen LogP contribution is 2.16. The van der Waals surface area contributed by atoms with Crippen LogP contribution in [0.4, 0.5) is 5.69 Å². The maximum atomic E-state index is 12.4. The second kappa shape index (κ2) is 7.09. The van der Waals surface area contributed by atoms with Gasteiger partial charge in [-0.3, -0.25) is 4.79 Å². The molecule has 0 fully saturated rings. The van der Waals surface area contributed by atoms with Crippen LogP contribution in [0.25, 0.3) is 0 Å². The van der Waals surface area contributed by atoms with Crippen LogP contribution in [0, 0.1) is 13.8 Å². The molecule has 0 aromatic heterocycles. The molecule has 0 N–H and O–H groups in total. The van der Waals surface area contributed by atoms with Gasteiger partial charge in [0.05, 0.1) is 5.56 Å². The molecule has 0 radical (unpaired) electrons. The minimum absolute atomic E-state index is 0.269. The summed E-state index contributed by atoms with van der Waals surface area (Å²) in [5.41, 5.74) is 3.05. The number of para-hydroxylation sites is 1. The maximum Gasteiger partial charge on any atom is 0.339 e. The summed E-state index contributed by atoms with van der Waals surface area (Å²) in [6.45, 7) is 5.34. The Balaban J connectivity index is 2.09. The monoisotopic (exact) mass is 311 g/mol. The summed E-state index contributed by atoms with van der Waals surface area (Å²) in [7, 11) is 1.67. The van der Waals surface area contributed by atoms with Gasteiger partial charge in [-0.05, 0) is 44.5 Å². The number of esters is 1. The van der Waals surface area contributed by atoms with Gasteiger partial charge in [-0.25, -0.2) is 4.79 Å². The molecule has 0 aliphatic carbocycles. The van der Waals surface area contributed by atoms with E-state index in [0.29, 0.717) is 5.56 Å². The van der Waals surface area contributed by atoms with E-state index < -0.39 is 12.1 Å². The number of rotatable bonds is 4. The molecule has 23 heavy (non-hydrogen) atoms. The van der Waals surface area contributed by atoms with Crippen LogP contribution in [0.3, 0.4) is 0 Å². The third kappa shape index (κ3) is 3.97. The molecule has 2 aromatic rings. The SMILES string of the molecule is Cc1ccc(C)c(C(=O)OC(C)C(=O)N(C)c2ccccc2)c1. The van der Waals surface area contributed by atoms with Crippen molar-refractivity contribution in [1.29, 1.82) is 0 Å². The number of carbonyl (C=O) groups is 2. The molecule has 0 heterocycles. The van der Waals surface area contributed by atoms with Crippen LogP contribution in [-0.2, 0) is 9.53 Å². The second-order valence-corrected chi connectivity index (χ2v) is 5.60. The van der Waals surface area contributed by atoms with Crippen molar-refractivity contribution in [3.63, 3.8) is 0 Å². The number of nitrogens with zero attached hydrogens (tertiary/aromatic N) is 1. The van der Waals surface area contributed by atoms with E-state index in [9.17, 15) is 9.59 Å². The van der Waals surface area contributed by atoms with Gasteiger partial charge in [-0.15, -0.1) is 0 Å². The molecule has 2 rings (SSSR count). The Morgan fingerprint density at radius 2 is 1.70 bits per heavy atom. The van der Waals surface area contributed by atoms with Crippen LogP contribution in [-0.4, -0.2) is 25.0 Å². The number of benzene rings is 2. The van der Waals surface area contributed by atoms with Crippen molar-refractivity contribution in [3.05, 3.63) is 65.2 Å². The molecule has 0 saturated carbocycles. The lowest BCUT2D eigenvalue weighted by atomic mass is 10.1. The largest absolute Gasteiger partial charge is 0.449 e. The quantitative estimate of drug-likeness (QED) is 0.812. The van der Waals surface area contributed by atoms with E-state index in [-0.39, 0.29) is 5.91 Å². The Kier molecular flexibility index (Phi) is 5.16. The van der Waals surface area contributed by atoms with Crippen molar-refractivity contribution in [3.8, 4) is 0 Å². The lowest BCUT2D eigenvalue weighted by molar-refractivity contribution is -0.126. The van der Waals surface area contributed by atoms with Crippen LogP contribution >= 0.6 is 0 Å². The number of amides is 1. The van der Waals surface area contributed by atoms with Gasteiger partial charge < -0.3 is 9.64 Å². The molecule has 1 amide bonds. The Morgan fingerprint density at radius 1 is 1.04 bits per heavy atom. The molecule has 1 unspecified atom stereocenters. The number of aryl methyl sites for hydroxylation is 2. The highest BCUT2D eigenvalue weighted by atomic mass is 16.5. The predicted molar refractivity (Wildman–Crippen MR) is 90.6 cm³/mol. The summed E-state index contributed by atoms with van der Waals surface area (Å²) >= 11 is 0. The van der Waals surface area contributed by atoms with Crippen molar-refractivity contribution in [2.75, 3.05) is 11.9 Å². The normalized spacial score (nSPS) is 11.7. The highest BCUT2D eigenvalue weighted by molar-refractivity contribution is 5.99. The number of carbonyl (C=O) groups excluding carboxylic acids is 2.